The first kappa shape index (κ1) is 19.8. The van der Waals surface area contributed by atoms with E-state index in [9.17, 15) is 14.0 Å². The molecule has 0 saturated heterocycles. The van der Waals surface area contributed by atoms with Crippen LogP contribution in [0.15, 0.2) is 22.7 Å². The van der Waals surface area contributed by atoms with Gasteiger partial charge in [-0.05, 0) is 25.1 Å². The first-order chi connectivity index (χ1) is 9.47. The lowest BCUT2D eigenvalue weighted by Crippen LogP contribution is -2.41. The summed E-state index contributed by atoms with van der Waals surface area (Å²) in [5.74, 6) is -1.05. The highest BCUT2D eigenvalue weighted by atomic mass is 79.9. The number of nitrogens with zero attached hydrogens (tertiary/aromatic N) is 1. The van der Waals surface area contributed by atoms with Gasteiger partial charge in [0.2, 0.25) is 11.8 Å². The Bertz CT molecular complexity index is 502. The molecule has 0 aliphatic heterocycles. The number of likely N-dealkylation sites (N-methyl/N-ethyl adjacent to an activating group) is 1. The van der Waals surface area contributed by atoms with E-state index in [-0.39, 0.29) is 43.8 Å². The topological polar surface area (TPSA) is 75.4 Å². The lowest BCUT2D eigenvalue weighted by Gasteiger charge is -2.21. The molecule has 118 valence electrons. The molecule has 0 fully saturated rings. The molecule has 0 radical (unpaired) electrons. The third-order valence-corrected chi connectivity index (χ3v) is 3.22. The molecule has 5 nitrogen and oxygen atoms in total. The summed E-state index contributed by atoms with van der Waals surface area (Å²) in [6, 6.07) is 4.57. The summed E-state index contributed by atoms with van der Waals surface area (Å²) in [5, 5.41) is 2.40. The van der Waals surface area contributed by atoms with E-state index in [2.05, 4.69) is 21.2 Å². The molecule has 1 aromatic carbocycles. The monoisotopic (exact) mass is 381 g/mol. The number of benzene rings is 1. The summed E-state index contributed by atoms with van der Waals surface area (Å²) in [7, 11) is 0. The van der Waals surface area contributed by atoms with Gasteiger partial charge in [0.25, 0.3) is 0 Å². The molecule has 8 heteroatoms. The quantitative estimate of drug-likeness (QED) is 0.781. The maximum atomic E-state index is 13.7. The Morgan fingerprint density at radius 2 is 2.10 bits per heavy atom. The molecule has 1 aromatic rings. The van der Waals surface area contributed by atoms with E-state index in [1.807, 2.05) is 0 Å². The van der Waals surface area contributed by atoms with Crippen LogP contribution in [-0.4, -0.2) is 36.3 Å². The van der Waals surface area contributed by atoms with Crippen LogP contribution in [0.4, 0.5) is 4.39 Å². The van der Waals surface area contributed by atoms with E-state index in [1.165, 1.54) is 11.0 Å². The van der Waals surface area contributed by atoms with E-state index < -0.39 is 5.91 Å². The van der Waals surface area contributed by atoms with Gasteiger partial charge in [0.1, 0.15) is 5.82 Å². The molecule has 0 saturated carbocycles. The highest BCUT2D eigenvalue weighted by molar-refractivity contribution is 9.10. The van der Waals surface area contributed by atoms with Crippen molar-refractivity contribution in [2.75, 3.05) is 19.6 Å². The Morgan fingerprint density at radius 1 is 1.43 bits per heavy atom. The minimum atomic E-state index is -0.400. The fraction of sp³-hybridized carbons (Fsp3) is 0.385. The van der Waals surface area contributed by atoms with Crippen molar-refractivity contribution in [1.29, 1.82) is 0 Å². The summed E-state index contributed by atoms with van der Waals surface area (Å²) in [4.78, 5) is 24.4. The van der Waals surface area contributed by atoms with Crippen LogP contribution in [0.2, 0.25) is 0 Å². The number of hydrogen-bond donors (Lipinski definition) is 2. The summed E-state index contributed by atoms with van der Waals surface area (Å²) in [6.07, 6.45) is 0. The van der Waals surface area contributed by atoms with Crippen molar-refractivity contribution in [1.82, 2.24) is 10.2 Å². The Kier molecular flexibility index (Phi) is 9.16. The van der Waals surface area contributed by atoms with Crippen LogP contribution in [0.5, 0.6) is 0 Å². The minimum Gasteiger partial charge on any atom is -0.346 e. The first-order valence-corrected chi connectivity index (χ1v) is 6.95. The summed E-state index contributed by atoms with van der Waals surface area (Å²) in [6.45, 7) is 2.06. The van der Waals surface area contributed by atoms with Gasteiger partial charge in [0.05, 0.1) is 13.1 Å². The average Bonchev–Trinajstić information content (AvgIpc) is 2.45. The summed E-state index contributed by atoms with van der Waals surface area (Å²) in [5.41, 5.74) is 5.55. The highest BCUT2D eigenvalue weighted by Gasteiger charge is 2.15. The number of carbonyl (C=O) groups is 2. The van der Waals surface area contributed by atoms with Gasteiger partial charge in [-0.1, -0.05) is 15.9 Å². The van der Waals surface area contributed by atoms with Gasteiger partial charge in [-0.25, -0.2) is 4.39 Å². The second-order valence-electron chi connectivity index (χ2n) is 4.12. The van der Waals surface area contributed by atoms with Gasteiger partial charge in [-0.3, -0.25) is 9.59 Å². The van der Waals surface area contributed by atoms with Crippen molar-refractivity contribution >= 4 is 40.2 Å². The largest absolute Gasteiger partial charge is 0.346 e. The van der Waals surface area contributed by atoms with Gasteiger partial charge >= 0.3 is 0 Å². The van der Waals surface area contributed by atoms with Crippen molar-refractivity contribution in [2.24, 2.45) is 5.73 Å². The van der Waals surface area contributed by atoms with Crippen LogP contribution in [-0.2, 0) is 16.1 Å². The third kappa shape index (κ3) is 6.41. The van der Waals surface area contributed by atoms with Crippen LogP contribution in [0.3, 0.4) is 0 Å². The highest BCUT2D eigenvalue weighted by Crippen LogP contribution is 2.17. The molecule has 2 amide bonds. The molecule has 21 heavy (non-hydrogen) atoms. The molecule has 0 unspecified atom stereocenters. The van der Waals surface area contributed by atoms with Gasteiger partial charge in [0, 0.05) is 23.1 Å². The van der Waals surface area contributed by atoms with E-state index in [1.54, 1.807) is 19.1 Å². The molecule has 0 aromatic heterocycles. The Morgan fingerprint density at radius 3 is 2.67 bits per heavy atom. The number of rotatable bonds is 6. The molecule has 0 heterocycles. The van der Waals surface area contributed by atoms with Crippen molar-refractivity contribution in [3.05, 3.63) is 34.1 Å². The zero-order valence-electron chi connectivity index (χ0n) is 11.6. The van der Waals surface area contributed by atoms with Gasteiger partial charge in [-0.2, -0.15) is 0 Å². The van der Waals surface area contributed by atoms with E-state index in [0.717, 1.165) is 4.47 Å². The predicted molar refractivity (Wildman–Crippen MR) is 84.5 cm³/mol. The lowest BCUT2D eigenvalue weighted by molar-refractivity contribution is -0.133. The molecule has 0 bridgehead atoms. The van der Waals surface area contributed by atoms with Crippen LogP contribution < -0.4 is 11.1 Å². The average molecular weight is 383 g/mol. The lowest BCUT2D eigenvalue weighted by atomic mass is 10.2. The van der Waals surface area contributed by atoms with Gasteiger partial charge in [0.15, 0.2) is 0 Å². The van der Waals surface area contributed by atoms with Crippen molar-refractivity contribution in [2.45, 2.75) is 13.5 Å². The van der Waals surface area contributed by atoms with E-state index >= 15 is 0 Å². The fourth-order valence-electron chi connectivity index (χ4n) is 1.60. The second-order valence-corrected chi connectivity index (χ2v) is 5.04. The first-order valence-electron chi connectivity index (χ1n) is 6.16. The molecule has 0 atom stereocenters. The van der Waals surface area contributed by atoms with Crippen molar-refractivity contribution in [3.8, 4) is 0 Å². The molecule has 1 rings (SSSR count). The molecular formula is C13H18BrClFN3O2. The fourth-order valence-corrected chi connectivity index (χ4v) is 2.01. The van der Waals surface area contributed by atoms with Crippen LogP contribution in [0, 0.1) is 5.82 Å². The Balaban J connectivity index is 0.00000400. The normalized spacial score (nSPS) is 9.71. The molecule has 0 aliphatic rings. The second kappa shape index (κ2) is 9.70. The van der Waals surface area contributed by atoms with Crippen molar-refractivity contribution < 1.29 is 14.0 Å². The van der Waals surface area contributed by atoms with Gasteiger partial charge < -0.3 is 16.0 Å². The number of halogens is 3. The molecular weight excluding hydrogens is 365 g/mol. The zero-order chi connectivity index (χ0) is 15.1. The number of carbonyl (C=O) groups excluding carboxylic acids is 2. The Labute approximate surface area is 137 Å². The predicted octanol–water partition coefficient (Wildman–Crippen LogP) is 1.43. The molecule has 0 spiro atoms. The van der Waals surface area contributed by atoms with E-state index in [0.29, 0.717) is 12.1 Å². The zero-order valence-corrected chi connectivity index (χ0v) is 14.0. The summed E-state index contributed by atoms with van der Waals surface area (Å²) < 4.78 is 14.4. The number of amides is 2. The maximum absolute atomic E-state index is 13.7. The van der Waals surface area contributed by atoms with Gasteiger partial charge in [-0.15, -0.1) is 12.4 Å². The van der Waals surface area contributed by atoms with Crippen molar-refractivity contribution in [3.63, 3.8) is 0 Å². The number of hydrogen-bond acceptors (Lipinski definition) is 3. The number of nitrogens with one attached hydrogen (secondary N) is 1. The van der Waals surface area contributed by atoms with Crippen LogP contribution in [0.25, 0.3) is 0 Å². The van der Waals surface area contributed by atoms with Crippen LogP contribution in [0.1, 0.15) is 12.5 Å². The third-order valence-electron chi connectivity index (χ3n) is 2.73. The minimum absolute atomic E-state index is 0. The van der Waals surface area contributed by atoms with E-state index in [4.69, 9.17) is 5.73 Å². The smallest absolute Gasteiger partial charge is 0.242 e. The molecule has 3 N–H and O–H groups in total. The van der Waals surface area contributed by atoms with Crippen LogP contribution >= 0.6 is 28.3 Å². The summed E-state index contributed by atoms with van der Waals surface area (Å²) >= 11 is 3.26. The Hall–Kier alpha value is -1.18. The number of nitrogens with two attached hydrogens (primary N) is 1. The maximum Gasteiger partial charge on any atom is 0.242 e. The molecule has 0 aliphatic carbocycles. The SMILES string of the molecule is CCN(Cc1cc(Br)ccc1F)C(=O)CNC(=O)CN.Cl. The standard InChI is InChI=1S/C13H17BrFN3O2.ClH/c1-2-18(13(20)7-17-12(19)6-16)8-9-5-10(14)3-4-11(9)15;/h3-5H,2,6-8,16H2,1H3,(H,17,19);1H.